The number of nitrogens with one attached hydrogen (secondary N) is 2. The van der Waals surface area contributed by atoms with Crippen LogP contribution in [0, 0.1) is 11.7 Å². The number of nitrogens with zero attached hydrogens (tertiary/aromatic N) is 1. The number of ether oxygens (including phenoxy) is 1. The molecular weight excluding hydrogens is 481 g/mol. The molecule has 1 fully saturated rings. The van der Waals surface area contributed by atoms with Gasteiger partial charge in [-0.1, -0.05) is 17.7 Å². The number of rotatable bonds is 7. The standard InChI is InChI=1S/C24H23ClFN3O4S/c1-2-33-19-12-14(11-18(19)28-24(32)20-8-9-21(25)34-20)23(31)27-17-7-6-15(13-16(17)26)29-10-4-3-5-22(29)30/h3-10,13-14,18-19H,2,11-12H2,1H3,(H,27,31)(H,28,32)/t14-,18+,19+/m1/s1. The zero-order valence-corrected chi connectivity index (χ0v) is 19.9. The number of thiophene rings is 1. The Bertz CT molecular complexity index is 1260. The number of pyridine rings is 1. The molecule has 0 spiro atoms. The van der Waals surface area contributed by atoms with Crippen molar-refractivity contribution in [1.82, 2.24) is 9.88 Å². The quantitative estimate of drug-likeness (QED) is 0.504. The van der Waals surface area contributed by atoms with Gasteiger partial charge in [0.1, 0.15) is 5.82 Å². The third-order valence-electron chi connectivity index (χ3n) is 5.68. The van der Waals surface area contributed by atoms with Gasteiger partial charge in [0, 0.05) is 30.9 Å². The molecule has 10 heteroatoms. The van der Waals surface area contributed by atoms with Crippen molar-refractivity contribution >= 4 is 40.4 Å². The average molecular weight is 504 g/mol. The van der Waals surface area contributed by atoms with Crippen LogP contribution in [0.3, 0.4) is 0 Å². The van der Waals surface area contributed by atoms with E-state index >= 15 is 0 Å². The number of hydrogen-bond donors (Lipinski definition) is 2. The van der Waals surface area contributed by atoms with Gasteiger partial charge in [-0.05, 0) is 50.1 Å². The summed E-state index contributed by atoms with van der Waals surface area (Å²) in [5.41, 5.74) is 0.0887. The Morgan fingerprint density at radius 1 is 1.21 bits per heavy atom. The molecule has 2 heterocycles. The van der Waals surface area contributed by atoms with E-state index in [1.54, 1.807) is 36.5 Å². The predicted molar refractivity (Wildman–Crippen MR) is 129 cm³/mol. The fourth-order valence-corrected chi connectivity index (χ4v) is 5.02. The second kappa shape index (κ2) is 10.5. The molecule has 7 nitrogen and oxygen atoms in total. The van der Waals surface area contributed by atoms with Gasteiger partial charge < -0.3 is 15.4 Å². The minimum Gasteiger partial charge on any atom is -0.376 e. The highest BCUT2D eigenvalue weighted by molar-refractivity contribution is 7.18. The maximum atomic E-state index is 14.7. The van der Waals surface area contributed by atoms with Crippen molar-refractivity contribution in [3.63, 3.8) is 0 Å². The molecule has 1 aliphatic rings. The molecule has 1 aromatic carbocycles. The van der Waals surface area contributed by atoms with Gasteiger partial charge in [-0.25, -0.2) is 4.39 Å². The van der Waals surface area contributed by atoms with E-state index in [2.05, 4.69) is 10.6 Å². The third-order valence-corrected chi connectivity index (χ3v) is 6.91. The highest BCUT2D eigenvalue weighted by Gasteiger charge is 2.39. The van der Waals surface area contributed by atoms with Gasteiger partial charge in [0.15, 0.2) is 0 Å². The molecular formula is C24H23ClFN3O4S. The van der Waals surface area contributed by atoms with Gasteiger partial charge in [0.25, 0.3) is 11.5 Å². The molecule has 2 N–H and O–H groups in total. The normalized spacial score (nSPS) is 19.7. The summed E-state index contributed by atoms with van der Waals surface area (Å²) in [5.74, 6) is -1.75. The van der Waals surface area contributed by atoms with Crippen LogP contribution in [0.4, 0.5) is 10.1 Å². The summed E-state index contributed by atoms with van der Waals surface area (Å²) < 4.78 is 22.3. The van der Waals surface area contributed by atoms with Crippen LogP contribution in [-0.2, 0) is 9.53 Å². The first kappa shape index (κ1) is 24.1. The van der Waals surface area contributed by atoms with Crippen molar-refractivity contribution in [1.29, 1.82) is 0 Å². The highest BCUT2D eigenvalue weighted by Crippen LogP contribution is 2.31. The minimum atomic E-state index is -0.652. The van der Waals surface area contributed by atoms with Gasteiger partial charge in [-0.2, -0.15) is 0 Å². The molecule has 0 aliphatic heterocycles. The molecule has 3 atom stereocenters. The van der Waals surface area contributed by atoms with Crippen molar-refractivity contribution in [3.8, 4) is 5.69 Å². The topological polar surface area (TPSA) is 89.4 Å². The van der Waals surface area contributed by atoms with Crippen molar-refractivity contribution in [3.05, 3.63) is 80.1 Å². The largest absolute Gasteiger partial charge is 0.376 e. The van der Waals surface area contributed by atoms with Gasteiger partial charge in [0.2, 0.25) is 5.91 Å². The SMILES string of the molecule is CCO[C@H]1C[C@H](C(=O)Nc2ccc(-n3ccccc3=O)cc2F)C[C@@H]1NC(=O)c1ccc(Cl)s1. The van der Waals surface area contributed by atoms with E-state index in [0.29, 0.717) is 34.3 Å². The number of amides is 2. The summed E-state index contributed by atoms with van der Waals surface area (Å²) in [6.07, 6.45) is 1.97. The average Bonchev–Trinajstić information content (AvgIpc) is 3.42. The summed E-state index contributed by atoms with van der Waals surface area (Å²) >= 11 is 7.09. The van der Waals surface area contributed by atoms with Crippen LogP contribution in [0.25, 0.3) is 5.69 Å². The fourth-order valence-electron chi connectivity index (χ4n) is 4.07. The summed E-state index contributed by atoms with van der Waals surface area (Å²) in [6, 6.07) is 11.8. The molecule has 1 aliphatic carbocycles. The van der Waals surface area contributed by atoms with E-state index in [1.165, 1.54) is 34.1 Å². The lowest BCUT2D eigenvalue weighted by Crippen LogP contribution is -2.41. The minimum absolute atomic E-state index is 0.0198. The van der Waals surface area contributed by atoms with Gasteiger partial charge in [-0.15, -0.1) is 11.3 Å². The second-order valence-corrected chi connectivity index (χ2v) is 9.62. The maximum absolute atomic E-state index is 14.7. The molecule has 0 saturated heterocycles. The predicted octanol–water partition coefficient (Wildman–Crippen LogP) is 4.24. The van der Waals surface area contributed by atoms with Crippen LogP contribution in [0.15, 0.2) is 59.5 Å². The lowest BCUT2D eigenvalue weighted by atomic mass is 10.1. The Hall–Kier alpha value is -3.01. The molecule has 1 saturated carbocycles. The summed E-state index contributed by atoms with van der Waals surface area (Å²) in [4.78, 5) is 37.9. The second-order valence-electron chi connectivity index (χ2n) is 7.91. The Morgan fingerprint density at radius 3 is 2.71 bits per heavy atom. The number of benzene rings is 1. The molecule has 3 aromatic rings. The Morgan fingerprint density at radius 2 is 2.03 bits per heavy atom. The molecule has 4 rings (SSSR count). The van der Waals surface area contributed by atoms with Gasteiger partial charge in [0.05, 0.1) is 32.7 Å². The van der Waals surface area contributed by atoms with E-state index in [9.17, 15) is 18.8 Å². The van der Waals surface area contributed by atoms with Crippen molar-refractivity contribution in [2.45, 2.75) is 31.9 Å². The molecule has 2 aromatic heterocycles. The van der Waals surface area contributed by atoms with Crippen LogP contribution in [-0.4, -0.2) is 35.1 Å². The lowest BCUT2D eigenvalue weighted by Gasteiger charge is -2.20. The first-order chi connectivity index (χ1) is 16.4. The maximum Gasteiger partial charge on any atom is 0.261 e. The number of aromatic nitrogens is 1. The van der Waals surface area contributed by atoms with Crippen molar-refractivity contribution in [2.24, 2.45) is 5.92 Å². The monoisotopic (exact) mass is 503 g/mol. The zero-order chi connectivity index (χ0) is 24.2. The number of carbonyl (C=O) groups is 2. The van der Waals surface area contributed by atoms with Gasteiger partial charge >= 0.3 is 0 Å². The highest BCUT2D eigenvalue weighted by atomic mass is 35.5. The number of anilines is 1. The van der Waals surface area contributed by atoms with E-state index in [4.69, 9.17) is 16.3 Å². The molecule has 0 bridgehead atoms. The Labute approximate surface area is 204 Å². The van der Waals surface area contributed by atoms with Gasteiger partial charge in [-0.3, -0.25) is 19.0 Å². The summed E-state index contributed by atoms with van der Waals surface area (Å²) in [6.45, 7) is 2.28. The zero-order valence-electron chi connectivity index (χ0n) is 18.3. The van der Waals surface area contributed by atoms with E-state index < -0.39 is 11.7 Å². The number of halogens is 2. The molecule has 0 unspecified atom stereocenters. The van der Waals surface area contributed by atoms with Crippen LogP contribution in [0.5, 0.6) is 0 Å². The first-order valence-corrected chi connectivity index (χ1v) is 12.0. The molecule has 34 heavy (non-hydrogen) atoms. The number of hydrogen-bond acceptors (Lipinski definition) is 5. The third kappa shape index (κ3) is 5.38. The first-order valence-electron chi connectivity index (χ1n) is 10.8. The molecule has 0 radical (unpaired) electrons. The van der Waals surface area contributed by atoms with E-state index in [-0.39, 0.29) is 35.2 Å². The van der Waals surface area contributed by atoms with Crippen LogP contribution in [0.2, 0.25) is 4.34 Å². The lowest BCUT2D eigenvalue weighted by molar-refractivity contribution is -0.120. The molecule has 178 valence electrons. The smallest absolute Gasteiger partial charge is 0.261 e. The van der Waals surface area contributed by atoms with Crippen LogP contribution >= 0.6 is 22.9 Å². The summed E-state index contributed by atoms with van der Waals surface area (Å²) in [7, 11) is 0. The van der Waals surface area contributed by atoms with Crippen molar-refractivity contribution < 1.29 is 18.7 Å². The molecule has 2 amide bonds. The van der Waals surface area contributed by atoms with Crippen LogP contribution in [0.1, 0.15) is 29.4 Å². The number of carbonyl (C=O) groups excluding carboxylic acids is 2. The van der Waals surface area contributed by atoms with E-state index in [1.807, 2.05) is 6.92 Å². The fraction of sp³-hybridized carbons (Fsp3) is 0.292. The van der Waals surface area contributed by atoms with Crippen molar-refractivity contribution in [2.75, 3.05) is 11.9 Å². The Balaban J connectivity index is 1.44. The van der Waals surface area contributed by atoms with Crippen LogP contribution < -0.4 is 16.2 Å². The summed E-state index contributed by atoms with van der Waals surface area (Å²) in [5, 5.41) is 5.57. The van der Waals surface area contributed by atoms with E-state index in [0.717, 1.165) is 0 Å². The Kier molecular flexibility index (Phi) is 7.45.